The van der Waals surface area contributed by atoms with Crippen molar-refractivity contribution in [3.63, 3.8) is 0 Å². The summed E-state index contributed by atoms with van der Waals surface area (Å²) in [6.07, 6.45) is 1.29. The lowest BCUT2D eigenvalue weighted by Crippen LogP contribution is -2.27. The van der Waals surface area contributed by atoms with Crippen molar-refractivity contribution in [2.24, 2.45) is 0 Å². The Kier molecular flexibility index (Phi) is 7.95. The van der Waals surface area contributed by atoms with E-state index in [0.717, 1.165) is 27.7 Å². The van der Waals surface area contributed by atoms with Gasteiger partial charge in [0.25, 0.3) is 0 Å². The number of aliphatic hydroxyl groups is 2. The average molecular weight is 468 g/mol. The van der Waals surface area contributed by atoms with Gasteiger partial charge in [-0.15, -0.1) is 0 Å². The van der Waals surface area contributed by atoms with Crippen molar-refractivity contribution in [1.29, 1.82) is 0 Å². The van der Waals surface area contributed by atoms with E-state index in [1.807, 2.05) is 30.3 Å². The van der Waals surface area contributed by atoms with Crippen molar-refractivity contribution in [3.8, 4) is 11.1 Å². The first-order chi connectivity index (χ1) is 16.0. The van der Waals surface area contributed by atoms with Gasteiger partial charge in [0.05, 0.1) is 18.6 Å². The molecule has 0 radical (unpaired) electrons. The van der Waals surface area contributed by atoms with Gasteiger partial charge in [0, 0.05) is 34.6 Å². The molecule has 2 atom stereocenters. The van der Waals surface area contributed by atoms with Crippen LogP contribution >= 0.6 is 0 Å². The minimum atomic E-state index is -1.03. The van der Waals surface area contributed by atoms with E-state index in [4.69, 9.17) is 4.74 Å². The van der Waals surface area contributed by atoms with Crippen LogP contribution in [0, 0.1) is 5.82 Å². The molecule has 0 amide bonds. The standard InChI is InChI=1S/C28H34FNO4/c1-18(2)30-24-9-7-6-8-23(24)27(19-10-12-20(29)13-11-19)25(30)15-14-21(31)16-22(32)17-26(33)34-28(3,4)5/h6-15,18,21-22,31-32H,16-17H2,1-5H3/b15-14+/t21-,22-/m1/s1. The first-order valence-electron chi connectivity index (χ1n) is 11.6. The molecular weight excluding hydrogens is 433 g/mol. The number of hydrogen-bond donors (Lipinski definition) is 2. The summed E-state index contributed by atoms with van der Waals surface area (Å²) in [6, 6.07) is 14.5. The molecule has 3 aromatic rings. The summed E-state index contributed by atoms with van der Waals surface area (Å²) in [4.78, 5) is 12.0. The molecule has 0 saturated heterocycles. The molecule has 6 heteroatoms. The first kappa shape index (κ1) is 25.7. The van der Waals surface area contributed by atoms with Gasteiger partial charge in [-0.05, 0) is 64.5 Å². The fourth-order valence-electron chi connectivity index (χ4n) is 4.14. The molecule has 3 rings (SSSR count). The first-order valence-corrected chi connectivity index (χ1v) is 11.6. The van der Waals surface area contributed by atoms with Gasteiger partial charge < -0.3 is 19.5 Å². The second kappa shape index (κ2) is 10.5. The lowest BCUT2D eigenvalue weighted by molar-refractivity contribution is -0.157. The number of rotatable bonds is 8. The molecule has 0 aliphatic rings. The van der Waals surface area contributed by atoms with E-state index >= 15 is 0 Å². The van der Waals surface area contributed by atoms with Gasteiger partial charge in [-0.1, -0.05) is 36.4 Å². The van der Waals surface area contributed by atoms with Gasteiger partial charge in [-0.25, -0.2) is 4.39 Å². The van der Waals surface area contributed by atoms with Crippen molar-refractivity contribution >= 4 is 22.9 Å². The van der Waals surface area contributed by atoms with E-state index in [2.05, 4.69) is 18.4 Å². The summed E-state index contributed by atoms with van der Waals surface area (Å²) in [5.41, 5.74) is 3.11. The topological polar surface area (TPSA) is 71.7 Å². The molecule has 0 fully saturated rings. The fraction of sp³-hybridized carbons (Fsp3) is 0.393. The highest BCUT2D eigenvalue weighted by atomic mass is 19.1. The Hall–Kier alpha value is -2.96. The van der Waals surface area contributed by atoms with Crippen LogP contribution in [0.2, 0.25) is 0 Å². The zero-order chi connectivity index (χ0) is 25.0. The number of ether oxygens (including phenoxy) is 1. The van der Waals surface area contributed by atoms with Crippen LogP contribution in [0.15, 0.2) is 54.6 Å². The lowest BCUT2D eigenvalue weighted by Gasteiger charge is -2.21. The largest absolute Gasteiger partial charge is 0.460 e. The highest BCUT2D eigenvalue weighted by molar-refractivity contribution is 6.01. The fourth-order valence-corrected chi connectivity index (χ4v) is 4.14. The van der Waals surface area contributed by atoms with Crippen molar-refractivity contribution in [1.82, 2.24) is 4.57 Å². The van der Waals surface area contributed by atoms with Crippen LogP contribution in [0.25, 0.3) is 28.1 Å². The summed E-state index contributed by atoms with van der Waals surface area (Å²) in [5, 5.41) is 21.9. The minimum absolute atomic E-state index is 0.00350. The molecule has 2 aromatic carbocycles. The Morgan fingerprint density at radius 3 is 2.35 bits per heavy atom. The van der Waals surface area contributed by atoms with Crippen LogP contribution in [-0.4, -0.2) is 38.6 Å². The molecule has 0 spiro atoms. The number of carbonyl (C=O) groups excluding carboxylic acids is 1. The quantitative estimate of drug-likeness (QED) is 0.406. The van der Waals surface area contributed by atoms with Gasteiger partial charge in [-0.2, -0.15) is 0 Å². The SMILES string of the molecule is CC(C)n1c(/C=C/[C@@H](O)C[C@@H](O)CC(=O)OC(C)(C)C)c(-c2ccc(F)cc2)c2ccccc21. The van der Waals surface area contributed by atoms with Crippen molar-refractivity contribution in [3.05, 3.63) is 66.1 Å². The third kappa shape index (κ3) is 6.33. The van der Waals surface area contributed by atoms with Gasteiger partial charge in [-0.3, -0.25) is 4.79 Å². The molecule has 0 aliphatic carbocycles. The molecule has 0 bridgehead atoms. The van der Waals surface area contributed by atoms with E-state index < -0.39 is 23.8 Å². The number of carbonyl (C=O) groups is 1. The zero-order valence-electron chi connectivity index (χ0n) is 20.5. The summed E-state index contributed by atoms with van der Waals surface area (Å²) < 4.78 is 21.0. The maximum absolute atomic E-state index is 13.6. The van der Waals surface area contributed by atoms with Crippen LogP contribution < -0.4 is 0 Å². The maximum Gasteiger partial charge on any atom is 0.308 e. The lowest BCUT2D eigenvalue weighted by atomic mass is 10.0. The van der Waals surface area contributed by atoms with E-state index in [-0.39, 0.29) is 24.7 Å². The summed E-state index contributed by atoms with van der Waals surface area (Å²) in [6.45, 7) is 9.46. The maximum atomic E-state index is 13.6. The molecule has 34 heavy (non-hydrogen) atoms. The average Bonchev–Trinajstić information content (AvgIpc) is 3.05. The van der Waals surface area contributed by atoms with Crippen LogP contribution in [0.4, 0.5) is 4.39 Å². The molecule has 0 unspecified atom stereocenters. The molecule has 1 heterocycles. The summed E-state index contributed by atoms with van der Waals surface area (Å²) in [5.74, 6) is -0.808. The van der Waals surface area contributed by atoms with E-state index in [1.165, 1.54) is 12.1 Å². The molecule has 182 valence electrons. The van der Waals surface area contributed by atoms with Crippen LogP contribution in [0.3, 0.4) is 0 Å². The summed E-state index contributed by atoms with van der Waals surface area (Å²) in [7, 11) is 0. The third-order valence-electron chi connectivity index (χ3n) is 5.41. The number of fused-ring (bicyclic) bond motifs is 1. The van der Waals surface area contributed by atoms with Crippen LogP contribution in [-0.2, 0) is 9.53 Å². The normalized spacial score (nSPS) is 14.1. The second-order valence-corrected chi connectivity index (χ2v) is 9.85. The Labute approximate surface area is 200 Å². The van der Waals surface area contributed by atoms with Crippen LogP contribution in [0.5, 0.6) is 0 Å². The molecular formula is C28H34FNO4. The van der Waals surface area contributed by atoms with E-state index in [1.54, 1.807) is 39.0 Å². The Bertz CT molecular complexity index is 1160. The molecule has 5 nitrogen and oxygen atoms in total. The molecule has 2 N–H and O–H groups in total. The highest BCUT2D eigenvalue weighted by Gasteiger charge is 2.22. The van der Waals surface area contributed by atoms with Crippen molar-refractivity contribution in [2.75, 3.05) is 0 Å². The predicted molar refractivity (Wildman–Crippen MR) is 134 cm³/mol. The van der Waals surface area contributed by atoms with Gasteiger partial charge in [0.1, 0.15) is 11.4 Å². The minimum Gasteiger partial charge on any atom is -0.460 e. The predicted octanol–water partition coefficient (Wildman–Crippen LogP) is 5.89. The molecule has 1 aromatic heterocycles. The number of hydrogen-bond acceptors (Lipinski definition) is 4. The third-order valence-corrected chi connectivity index (χ3v) is 5.41. The Morgan fingerprint density at radius 2 is 1.74 bits per heavy atom. The van der Waals surface area contributed by atoms with Crippen molar-refractivity contribution < 1.29 is 24.1 Å². The zero-order valence-corrected chi connectivity index (χ0v) is 20.5. The number of esters is 1. The smallest absolute Gasteiger partial charge is 0.308 e. The second-order valence-electron chi connectivity index (χ2n) is 9.85. The van der Waals surface area contributed by atoms with E-state index in [0.29, 0.717) is 0 Å². The number of aromatic nitrogens is 1. The number of para-hydroxylation sites is 1. The monoisotopic (exact) mass is 467 g/mol. The van der Waals surface area contributed by atoms with Gasteiger partial charge >= 0.3 is 5.97 Å². The molecule has 0 saturated carbocycles. The Morgan fingerprint density at radius 1 is 1.09 bits per heavy atom. The van der Waals surface area contributed by atoms with E-state index in [9.17, 15) is 19.4 Å². The van der Waals surface area contributed by atoms with Crippen LogP contribution in [0.1, 0.15) is 59.2 Å². The number of benzene rings is 2. The van der Waals surface area contributed by atoms with Crippen molar-refractivity contribution in [2.45, 2.75) is 71.3 Å². The molecule has 0 aliphatic heterocycles. The highest BCUT2D eigenvalue weighted by Crippen LogP contribution is 2.38. The number of aliphatic hydroxyl groups excluding tert-OH is 2. The summed E-state index contributed by atoms with van der Waals surface area (Å²) >= 11 is 0. The van der Waals surface area contributed by atoms with Gasteiger partial charge in [0.15, 0.2) is 0 Å². The number of nitrogens with zero attached hydrogens (tertiary/aromatic N) is 1. The van der Waals surface area contributed by atoms with Gasteiger partial charge in [0.2, 0.25) is 0 Å². The Balaban J connectivity index is 1.91. The number of halogens is 1.